The fourth-order valence-corrected chi connectivity index (χ4v) is 4.62. The van der Waals surface area contributed by atoms with Crippen LogP contribution in [-0.4, -0.2) is 41.2 Å². The molecule has 156 valence electrons. The molecule has 2 aromatic heterocycles. The van der Waals surface area contributed by atoms with Gasteiger partial charge >= 0.3 is 6.03 Å². The molecular weight excluding hydrogens is 476 g/mol. The number of urea groups is 1. The van der Waals surface area contributed by atoms with E-state index in [1.165, 1.54) is 18.4 Å². The number of carbonyl (C=O) groups is 2. The lowest BCUT2D eigenvalue weighted by atomic mass is 10.0. The van der Waals surface area contributed by atoms with E-state index in [2.05, 4.69) is 31.4 Å². The largest absolute Gasteiger partial charge is 0.493 e. The van der Waals surface area contributed by atoms with Crippen LogP contribution in [-0.2, 0) is 16.9 Å². The highest BCUT2D eigenvalue weighted by Crippen LogP contribution is 2.36. The summed E-state index contributed by atoms with van der Waals surface area (Å²) in [5.74, 6) is 1.16. The number of aromatic nitrogens is 2. The molecule has 1 aliphatic heterocycles. The third kappa shape index (κ3) is 3.43. The molecule has 3 amide bonds. The molecule has 11 heteroatoms. The number of thiophene rings is 1. The third-order valence-corrected chi connectivity index (χ3v) is 6.59. The van der Waals surface area contributed by atoms with Crippen LogP contribution in [0.1, 0.15) is 17.7 Å². The van der Waals surface area contributed by atoms with Crippen molar-refractivity contribution >= 4 is 39.2 Å². The van der Waals surface area contributed by atoms with Gasteiger partial charge in [-0.3, -0.25) is 9.69 Å². The van der Waals surface area contributed by atoms with Crippen molar-refractivity contribution in [3.8, 4) is 22.9 Å². The Balaban J connectivity index is 1.55. The second kappa shape index (κ2) is 7.73. The Bertz CT molecular complexity index is 1130. The molecule has 0 aliphatic carbocycles. The maximum Gasteiger partial charge on any atom is 0.325 e. The zero-order chi connectivity index (χ0) is 21.5. The van der Waals surface area contributed by atoms with Crippen LogP contribution >= 0.6 is 27.3 Å². The minimum Gasteiger partial charge on any atom is -0.493 e. The molecule has 0 bridgehead atoms. The van der Waals surface area contributed by atoms with Gasteiger partial charge in [0, 0.05) is 10.4 Å². The van der Waals surface area contributed by atoms with Gasteiger partial charge in [0.1, 0.15) is 6.54 Å². The fourth-order valence-electron chi connectivity index (χ4n) is 3.14. The smallest absolute Gasteiger partial charge is 0.325 e. The zero-order valence-electron chi connectivity index (χ0n) is 16.3. The number of halogens is 1. The SMILES string of the molecule is COc1ccc(-c2noc(CN3C(=O)NC(C)(c4ccc(Br)s4)C3=O)n2)cc1OC. The zero-order valence-corrected chi connectivity index (χ0v) is 18.7. The van der Waals surface area contributed by atoms with Gasteiger partial charge in [0.25, 0.3) is 5.91 Å². The van der Waals surface area contributed by atoms with Crippen molar-refractivity contribution in [1.29, 1.82) is 0 Å². The summed E-state index contributed by atoms with van der Waals surface area (Å²) in [6.45, 7) is 1.54. The van der Waals surface area contributed by atoms with Crippen molar-refractivity contribution in [2.75, 3.05) is 14.2 Å². The molecule has 1 N–H and O–H groups in total. The Hall–Kier alpha value is -2.92. The summed E-state index contributed by atoms with van der Waals surface area (Å²) in [5, 5.41) is 6.70. The van der Waals surface area contributed by atoms with Gasteiger partial charge in [0.15, 0.2) is 17.0 Å². The number of benzene rings is 1. The van der Waals surface area contributed by atoms with Crippen LogP contribution in [0.15, 0.2) is 38.6 Å². The van der Waals surface area contributed by atoms with Crippen molar-refractivity contribution in [3.63, 3.8) is 0 Å². The van der Waals surface area contributed by atoms with Crippen LogP contribution in [0, 0.1) is 0 Å². The number of methoxy groups -OCH3 is 2. The molecule has 3 aromatic rings. The molecule has 1 unspecified atom stereocenters. The number of hydrogen-bond acceptors (Lipinski definition) is 8. The molecule has 1 saturated heterocycles. The van der Waals surface area contributed by atoms with Crippen LogP contribution in [0.5, 0.6) is 11.5 Å². The predicted molar refractivity (Wildman–Crippen MR) is 111 cm³/mol. The molecular formula is C19H17BrN4O5S. The molecule has 30 heavy (non-hydrogen) atoms. The first-order chi connectivity index (χ1) is 14.4. The summed E-state index contributed by atoms with van der Waals surface area (Å²) in [6, 6.07) is 8.33. The molecule has 1 atom stereocenters. The summed E-state index contributed by atoms with van der Waals surface area (Å²) in [6.07, 6.45) is 0. The van der Waals surface area contributed by atoms with Gasteiger partial charge in [0.05, 0.1) is 18.0 Å². The molecule has 3 heterocycles. The third-order valence-electron chi connectivity index (χ3n) is 4.74. The van der Waals surface area contributed by atoms with Gasteiger partial charge in [-0.25, -0.2) is 4.79 Å². The lowest BCUT2D eigenvalue weighted by Crippen LogP contribution is -2.40. The summed E-state index contributed by atoms with van der Waals surface area (Å²) >= 11 is 4.77. The topological polar surface area (TPSA) is 107 Å². The molecule has 9 nitrogen and oxygen atoms in total. The van der Waals surface area contributed by atoms with E-state index in [9.17, 15) is 9.59 Å². The van der Waals surface area contributed by atoms with E-state index in [4.69, 9.17) is 14.0 Å². The van der Waals surface area contributed by atoms with Crippen molar-refractivity contribution in [1.82, 2.24) is 20.4 Å². The summed E-state index contributed by atoms with van der Waals surface area (Å²) in [5.41, 5.74) is -0.493. The Labute approximate surface area is 184 Å². The number of carbonyl (C=O) groups excluding carboxylic acids is 2. The number of rotatable bonds is 6. The van der Waals surface area contributed by atoms with E-state index < -0.39 is 11.6 Å². The van der Waals surface area contributed by atoms with Crippen LogP contribution in [0.4, 0.5) is 4.79 Å². The van der Waals surface area contributed by atoms with E-state index in [0.29, 0.717) is 22.9 Å². The van der Waals surface area contributed by atoms with Crippen LogP contribution in [0.25, 0.3) is 11.4 Å². The summed E-state index contributed by atoms with van der Waals surface area (Å²) in [4.78, 5) is 31.6. The Morgan fingerprint density at radius 1 is 1.20 bits per heavy atom. The van der Waals surface area contributed by atoms with Crippen LogP contribution in [0.2, 0.25) is 0 Å². The van der Waals surface area contributed by atoms with Crippen molar-refractivity contribution < 1.29 is 23.6 Å². The highest BCUT2D eigenvalue weighted by Gasteiger charge is 2.50. The van der Waals surface area contributed by atoms with Crippen molar-refractivity contribution in [3.05, 3.63) is 44.9 Å². The van der Waals surface area contributed by atoms with E-state index in [0.717, 1.165) is 13.6 Å². The van der Waals surface area contributed by atoms with Gasteiger partial charge in [-0.1, -0.05) is 5.16 Å². The molecule has 1 aromatic carbocycles. The Morgan fingerprint density at radius 2 is 1.97 bits per heavy atom. The first kappa shape index (κ1) is 20.4. The highest BCUT2D eigenvalue weighted by molar-refractivity contribution is 9.11. The predicted octanol–water partition coefficient (Wildman–Crippen LogP) is 3.55. The van der Waals surface area contributed by atoms with Gasteiger partial charge < -0.3 is 19.3 Å². The number of nitrogens with one attached hydrogen (secondary N) is 1. The number of nitrogens with zero attached hydrogens (tertiary/aromatic N) is 3. The molecule has 4 rings (SSSR count). The lowest BCUT2D eigenvalue weighted by molar-refractivity contribution is -0.131. The van der Waals surface area contributed by atoms with Crippen LogP contribution < -0.4 is 14.8 Å². The monoisotopic (exact) mass is 492 g/mol. The lowest BCUT2D eigenvalue weighted by Gasteiger charge is -2.19. The van der Waals surface area contributed by atoms with E-state index in [1.807, 2.05) is 6.07 Å². The van der Waals surface area contributed by atoms with Gasteiger partial charge in [-0.05, 0) is 53.2 Å². The minimum atomic E-state index is -1.14. The molecule has 1 aliphatic rings. The molecule has 0 saturated carbocycles. The number of imide groups is 1. The average Bonchev–Trinajstić information content (AvgIpc) is 3.44. The maximum absolute atomic E-state index is 13.0. The van der Waals surface area contributed by atoms with Gasteiger partial charge in [0.2, 0.25) is 11.7 Å². The van der Waals surface area contributed by atoms with E-state index in [1.54, 1.807) is 38.3 Å². The normalized spacial score (nSPS) is 18.6. The van der Waals surface area contributed by atoms with Crippen LogP contribution in [0.3, 0.4) is 0 Å². The first-order valence-electron chi connectivity index (χ1n) is 8.80. The van der Waals surface area contributed by atoms with Gasteiger partial charge in [-0.15, -0.1) is 11.3 Å². The molecule has 0 radical (unpaired) electrons. The number of hydrogen-bond donors (Lipinski definition) is 1. The number of amides is 3. The first-order valence-corrected chi connectivity index (χ1v) is 10.4. The second-order valence-corrected chi connectivity index (χ2v) is 9.09. The van der Waals surface area contributed by atoms with E-state index in [-0.39, 0.29) is 18.3 Å². The maximum atomic E-state index is 13.0. The summed E-state index contributed by atoms with van der Waals surface area (Å²) < 4.78 is 16.7. The van der Waals surface area contributed by atoms with Gasteiger partial charge in [-0.2, -0.15) is 4.98 Å². The Kier molecular flexibility index (Phi) is 5.24. The molecule has 0 spiro atoms. The number of ether oxygens (including phenoxy) is 2. The average molecular weight is 493 g/mol. The Morgan fingerprint density at radius 3 is 2.63 bits per heavy atom. The quantitative estimate of drug-likeness (QED) is 0.524. The molecule has 1 fully saturated rings. The van der Waals surface area contributed by atoms with Crippen molar-refractivity contribution in [2.24, 2.45) is 0 Å². The minimum absolute atomic E-state index is 0.132. The standard InChI is InChI=1S/C19H17BrN4O5S/c1-19(13-6-7-14(20)30-13)17(25)24(18(26)22-19)9-15-21-16(23-29-15)10-4-5-11(27-2)12(8-10)28-3/h4-8H,9H2,1-3H3,(H,22,26). The van der Waals surface area contributed by atoms with E-state index >= 15 is 0 Å². The highest BCUT2D eigenvalue weighted by atomic mass is 79.9. The van der Waals surface area contributed by atoms with Crippen molar-refractivity contribution in [2.45, 2.75) is 19.0 Å². The summed E-state index contributed by atoms with van der Waals surface area (Å²) in [7, 11) is 3.08. The fraction of sp³-hybridized carbons (Fsp3) is 0.263. The second-order valence-electron chi connectivity index (χ2n) is 6.63.